The Balaban J connectivity index is 1.66. The van der Waals surface area contributed by atoms with Crippen molar-refractivity contribution in [2.75, 3.05) is 6.61 Å². The highest BCUT2D eigenvalue weighted by molar-refractivity contribution is 5.82. The molecule has 3 rings (SSSR count). The minimum absolute atomic E-state index is 0.0845. The summed E-state index contributed by atoms with van der Waals surface area (Å²) in [6.07, 6.45) is 7.57. The maximum atomic E-state index is 13.4. The van der Waals surface area contributed by atoms with Crippen LogP contribution < -0.4 is 0 Å². The maximum Gasteiger partial charge on any atom is 0.312 e. The summed E-state index contributed by atoms with van der Waals surface area (Å²) in [5.41, 5.74) is -0.633. The smallest absolute Gasteiger partial charge is 0.312 e. The van der Waals surface area contributed by atoms with E-state index in [0.29, 0.717) is 25.6 Å². The summed E-state index contributed by atoms with van der Waals surface area (Å²) in [6.45, 7) is 15.7. The Morgan fingerprint density at radius 1 is 1.00 bits per heavy atom. The first kappa shape index (κ1) is 26.8. The number of rotatable bonds is 10. The first-order chi connectivity index (χ1) is 15.9. The van der Waals surface area contributed by atoms with E-state index in [-0.39, 0.29) is 28.7 Å². The fourth-order valence-electron chi connectivity index (χ4n) is 6.17. The van der Waals surface area contributed by atoms with Crippen LogP contribution >= 0.6 is 0 Å². The largest absolute Gasteiger partial charge is 0.465 e. The molecule has 2 aliphatic rings. The number of carbonyl (C=O) groups is 2. The zero-order chi connectivity index (χ0) is 25.2. The van der Waals surface area contributed by atoms with Gasteiger partial charge in [-0.05, 0) is 67.8 Å². The molecule has 190 valence electrons. The molecule has 0 spiro atoms. The van der Waals surface area contributed by atoms with Crippen LogP contribution in [0, 0.1) is 33.5 Å². The van der Waals surface area contributed by atoms with E-state index in [0.717, 1.165) is 12.0 Å². The lowest BCUT2D eigenvalue weighted by Crippen LogP contribution is -2.43. The fourth-order valence-corrected chi connectivity index (χ4v) is 6.17. The Hall–Kier alpha value is -1.84. The number of carbonyl (C=O) groups excluding carboxylic acids is 2. The van der Waals surface area contributed by atoms with Gasteiger partial charge in [-0.3, -0.25) is 9.59 Å². The minimum Gasteiger partial charge on any atom is -0.465 e. The number of hydrogen-bond acceptors (Lipinski definition) is 4. The van der Waals surface area contributed by atoms with Crippen molar-refractivity contribution < 1.29 is 19.1 Å². The molecule has 2 aliphatic carbocycles. The molecule has 4 nitrogen and oxygen atoms in total. The highest BCUT2D eigenvalue weighted by Crippen LogP contribution is 2.74. The molecule has 0 aromatic heterocycles. The highest BCUT2D eigenvalue weighted by Gasteiger charge is 2.73. The van der Waals surface area contributed by atoms with Gasteiger partial charge in [0.1, 0.15) is 6.61 Å². The Morgan fingerprint density at radius 3 is 2.21 bits per heavy atom. The molecule has 0 saturated heterocycles. The van der Waals surface area contributed by atoms with Crippen LogP contribution in [-0.2, 0) is 25.7 Å². The quantitative estimate of drug-likeness (QED) is 0.335. The number of ether oxygens (including phenoxy) is 2. The lowest BCUT2D eigenvalue weighted by Gasteiger charge is -2.43. The van der Waals surface area contributed by atoms with E-state index < -0.39 is 10.8 Å². The van der Waals surface area contributed by atoms with Crippen LogP contribution in [0.15, 0.2) is 30.3 Å². The predicted molar refractivity (Wildman–Crippen MR) is 136 cm³/mol. The van der Waals surface area contributed by atoms with Crippen LogP contribution in [0.5, 0.6) is 0 Å². The standard InChI is InChI=1S/C30H46O4/c1-22(2)28(5,25(31)33-18-23-14-10-8-11-15-23)20-27(3,4)30(7)21-29(30,6)26(32)34-19-24-16-12-9-13-17-24/h9,12-13,16-17,22-23H,8,10-11,14-15,18-21H2,1-7H3. The van der Waals surface area contributed by atoms with Gasteiger partial charge in [-0.2, -0.15) is 0 Å². The van der Waals surface area contributed by atoms with Gasteiger partial charge in [0.25, 0.3) is 0 Å². The molecule has 0 heterocycles. The molecular formula is C30H46O4. The van der Waals surface area contributed by atoms with Gasteiger partial charge in [0.15, 0.2) is 0 Å². The summed E-state index contributed by atoms with van der Waals surface area (Å²) in [5.74, 6) is 0.423. The molecule has 0 aliphatic heterocycles. The topological polar surface area (TPSA) is 52.6 Å². The molecule has 0 bridgehead atoms. The molecule has 3 unspecified atom stereocenters. The third-order valence-corrected chi connectivity index (χ3v) is 9.68. The Kier molecular flexibility index (Phi) is 7.89. The molecule has 0 N–H and O–H groups in total. The van der Waals surface area contributed by atoms with Crippen LogP contribution in [0.4, 0.5) is 0 Å². The monoisotopic (exact) mass is 470 g/mol. The summed E-state index contributed by atoms with van der Waals surface area (Å²) in [6, 6.07) is 9.81. The first-order valence-corrected chi connectivity index (χ1v) is 13.2. The van der Waals surface area contributed by atoms with Crippen molar-refractivity contribution >= 4 is 11.9 Å². The summed E-state index contributed by atoms with van der Waals surface area (Å²) in [7, 11) is 0. The summed E-state index contributed by atoms with van der Waals surface area (Å²) in [4.78, 5) is 26.6. The molecule has 1 aromatic rings. The van der Waals surface area contributed by atoms with E-state index in [4.69, 9.17) is 9.47 Å². The van der Waals surface area contributed by atoms with Crippen molar-refractivity contribution in [1.82, 2.24) is 0 Å². The Morgan fingerprint density at radius 2 is 1.62 bits per heavy atom. The summed E-state index contributed by atoms with van der Waals surface area (Å²) >= 11 is 0. The summed E-state index contributed by atoms with van der Waals surface area (Å²) < 4.78 is 11.7. The van der Waals surface area contributed by atoms with Crippen LogP contribution in [0.1, 0.15) is 99.0 Å². The third kappa shape index (κ3) is 5.21. The van der Waals surface area contributed by atoms with Crippen molar-refractivity contribution in [3.8, 4) is 0 Å². The average molecular weight is 471 g/mol. The Bertz CT molecular complexity index is 854. The van der Waals surface area contributed by atoms with Crippen molar-refractivity contribution in [3.05, 3.63) is 35.9 Å². The van der Waals surface area contributed by atoms with Gasteiger partial charge in [-0.25, -0.2) is 0 Å². The molecule has 0 radical (unpaired) electrons. The van der Waals surface area contributed by atoms with E-state index in [9.17, 15) is 9.59 Å². The second-order valence-corrected chi connectivity index (χ2v) is 12.6. The molecule has 34 heavy (non-hydrogen) atoms. The lowest BCUT2D eigenvalue weighted by molar-refractivity contribution is -0.163. The molecule has 2 fully saturated rings. The van der Waals surface area contributed by atoms with Gasteiger partial charge in [0.05, 0.1) is 17.4 Å². The van der Waals surface area contributed by atoms with Crippen LogP contribution in [0.25, 0.3) is 0 Å². The fraction of sp³-hybridized carbons (Fsp3) is 0.733. The Labute approximate surface area is 207 Å². The van der Waals surface area contributed by atoms with Crippen LogP contribution in [0.3, 0.4) is 0 Å². The van der Waals surface area contributed by atoms with Gasteiger partial charge in [-0.15, -0.1) is 0 Å². The van der Waals surface area contributed by atoms with Gasteiger partial charge in [-0.1, -0.05) is 84.2 Å². The van der Waals surface area contributed by atoms with E-state index in [1.807, 2.05) is 37.3 Å². The predicted octanol–water partition coefficient (Wildman–Crippen LogP) is 7.35. The van der Waals surface area contributed by atoms with Crippen molar-refractivity contribution in [3.63, 3.8) is 0 Å². The molecule has 0 amide bonds. The van der Waals surface area contributed by atoms with E-state index >= 15 is 0 Å². The van der Waals surface area contributed by atoms with Crippen LogP contribution in [0.2, 0.25) is 0 Å². The van der Waals surface area contributed by atoms with Gasteiger partial charge in [0.2, 0.25) is 0 Å². The second kappa shape index (κ2) is 10.0. The third-order valence-electron chi connectivity index (χ3n) is 9.68. The number of hydrogen-bond donors (Lipinski definition) is 0. The van der Waals surface area contributed by atoms with Gasteiger partial charge >= 0.3 is 11.9 Å². The zero-order valence-electron chi connectivity index (χ0n) is 22.5. The van der Waals surface area contributed by atoms with Crippen molar-refractivity contribution in [2.24, 2.45) is 33.5 Å². The first-order valence-electron chi connectivity index (χ1n) is 13.2. The SMILES string of the molecule is CC(C)C(C)(CC(C)(C)C1(C)CC1(C)C(=O)OCc1ccccc1)C(=O)OCC1CCCCC1. The second-order valence-electron chi connectivity index (χ2n) is 12.6. The van der Waals surface area contributed by atoms with E-state index in [1.165, 1.54) is 32.1 Å². The van der Waals surface area contributed by atoms with Gasteiger partial charge < -0.3 is 9.47 Å². The normalized spacial score (nSPS) is 27.2. The van der Waals surface area contributed by atoms with E-state index in [1.54, 1.807) is 0 Å². The number of benzene rings is 1. The van der Waals surface area contributed by atoms with E-state index in [2.05, 4.69) is 41.5 Å². The molecule has 4 heteroatoms. The van der Waals surface area contributed by atoms with Gasteiger partial charge in [0, 0.05) is 0 Å². The molecule has 3 atom stereocenters. The van der Waals surface area contributed by atoms with Crippen molar-refractivity contribution in [2.45, 2.75) is 100 Å². The lowest BCUT2D eigenvalue weighted by atomic mass is 9.61. The molecular weight excluding hydrogens is 424 g/mol. The molecule has 2 saturated carbocycles. The molecule has 1 aromatic carbocycles. The van der Waals surface area contributed by atoms with Crippen molar-refractivity contribution in [1.29, 1.82) is 0 Å². The number of esters is 2. The zero-order valence-corrected chi connectivity index (χ0v) is 22.5. The van der Waals surface area contributed by atoms with Crippen LogP contribution in [-0.4, -0.2) is 18.5 Å². The highest BCUT2D eigenvalue weighted by atomic mass is 16.5. The minimum atomic E-state index is -0.599. The average Bonchev–Trinajstić information content (AvgIpc) is 3.41. The maximum absolute atomic E-state index is 13.4. The summed E-state index contributed by atoms with van der Waals surface area (Å²) in [5, 5.41) is 0.